The highest BCUT2D eigenvalue weighted by molar-refractivity contribution is 7.58. The fourth-order valence-corrected chi connectivity index (χ4v) is 5.61. The number of nitrogens with one attached hydrogen (secondary N) is 1. The first kappa shape index (κ1) is 24.2. The van der Waals surface area contributed by atoms with E-state index >= 15 is 0 Å². The lowest BCUT2D eigenvalue weighted by molar-refractivity contribution is 0.201. The Morgan fingerprint density at radius 3 is 2.03 bits per heavy atom. The van der Waals surface area contributed by atoms with Crippen LogP contribution in [0.5, 0.6) is 0 Å². The number of benzene rings is 1. The zero-order valence-corrected chi connectivity index (χ0v) is 19.4. The predicted molar refractivity (Wildman–Crippen MR) is 122 cm³/mol. The first-order valence-corrected chi connectivity index (χ1v) is 13.1. The molecule has 0 spiro atoms. The van der Waals surface area contributed by atoms with Gasteiger partial charge in [-0.3, -0.25) is 4.57 Å². The monoisotopic (exact) mass is 421 g/mol. The van der Waals surface area contributed by atoms with Gasteiger partial charge in [0.2, 0.25) is 0 Å². The van der Waals surface area contributed by atoms with Crippen LogP contribution in [0.25, 0.3) is 0 Å². The lowest BCUT2D eigenvalue weighted by atomic mass is 9.96. The predicted octanol–water partition coefficient (Wildman–Crippen LogP) is 7.56. The van der Waals surface area contributed by atoms with Gasteiger partial charge in [-0.1, -0.05) is 76.3 Å². The molecule has 29 heavy (non-hydrogen) atoms. The summed E-state index contributed by atoms with van der Waals surface area (Å²) in [5.41, 5.74) is 3.15. The van der Waals surface area contributed by atoms with Gasteiger partial charge in [0.15, 0.2) is 0 Å². The van der Waals surface area contributed by atoms with Crippen LogP contribution in [0.15, 0.2) is 41.3 Å². The molecule has 1 aliphatic rings. The topological polar surface area (TPSA) is 47.6 Å². The lowest BCUT2D eigenvalue weighted by Gasteiger charge is -2.27. The van der Waals surface area contributed by atoms with E-state index in [1.807, 2.05) is 18.2 Å². The van der Waals surface area contributed by atoms with Crippen LogP contribution in [0.2, 0.25) is 0 Å². The van der Waals surface area contributed by atoms with Crippen LogP contribution >= 0.6 is 7.60 Å². The summed E-state index contributed by atoms with van der Waals surface area (Å²) < 4.78 is 26.1. The third-order valence-electron chi connectivity index (χ3n) is 5.39. The molecule has 5 heteroatoms. The number of rotatable bonds is 14. The zero-order chi connectivity index (χ0) is 20.8. The minimum atomic E-state index is -3.35. The van der Waals surface area contributed by atoms with Crippen molar-refractivity contribution in [1.29, 1.82) is 0 Å². The van der Waals surface area contributed by atoms with Crippen molar-refractivity contribution in [3.05, 3.63) is 46.9 Å². The molecule has 1 saturated carbocycles. The van der Waals surface area contributed by atoms with Gasteiger partial charge in [0.25, 0.3) is 0 Å². The van der Waals surface area contributed by atoms with Crippen molar-refractivity contribution in [2.75, 3.05) is 13.2 Å². The van der Waals surface area contributed by atoms with Gasteiger partial charge in [-0.2, -0.15) is 0 Å². The van der Waals surface area contributed by atoms with Gasteiger partial charge >= 0.3 is 7.60 Å². The summed E-state index contributed by atoms with van der Waals surface area (Å²) in [6, 6.07) is 10.3. The second kappa shape index (κ2) is 14.0. The summed E-state index contributed by atoms with van der Waals surface area (Å²) in [7, 11) is -3.35. The van der Waals surface area contributed by atoms with Gasteiger partial charge in [0.05, 0.1) is 13.2 Å². The Morgan fingerprint density at radius 1 is 0.897 bits per heavy atom. The molecule has 1 N–H and O–H groups in total. The highest BCUT2D eigenvalue weighted by Crippen LogP contribution is 2.57. The summed E-state index contributed by atoms with van der Waals surface area (Å²) >= 11 is 0. The largest absolute Gasteiger partial charge is 0.377 e. The van der Waals surface area contributed by atoms with Crippen molar-refractivity contribution in [1.82, 2.24) is 5.32 Å². The molecule has 4 nitrogen and oxygen atoms in total. The quantitative estimate of drug-likeness (QED) is 0.249. The Labute approximate surface area is 178 Å². The summed E-state index contributed by atoms with van der Waals surface area (Å²) in [5.74, 6) is 0. The molecule has 164 valence electrons. The van der Waals surface area contributed by atoms with Crippen molar-refractivity contribution < 1.29 is 13.6 Å². The molecule has 0 heterocycles. The summed E-state index contributed by atoms with van der Waals surface area (Å²) in [5, 5.41) is 3.49. The van der Waals surface area contributed by atoms with Crippen molar-refractivity contribution in [2.45, 2.75) is 91.0 Å². The second-order valence-electron chi connectivity index (χ2n) is 7.93. The third-order valence-corrected chi connectivity index (χ3v) is 7.45. The van der Waals surface area contributed by atoms with E-state index in [0.29, 0.717) is 19.8 Å². The molecule has 0 unspecified atom stereocenters. The van der Waals surface area contributed by atoms with E-state index in [1.54, 1.807) is 0 Å². The van der Waals surface area contributed by atoms with Gasteiger partial charge in [-0.15, -0.1) is 0 Å². The molecule has 0 saturated heterocycles. The fourth-order valence-electron chi connectivity index (χ4n) is 3.65. The number of allylic oxidation sites excluding steroid dienone is 1. The molecule has 0 aliphatic heterocycles. The molecule has 1 aliphatic carbocycles. The minimum Gasteiger partial charge on any atom is -0.374 e. The average molecular weight is 422 g/mol. The van der Waals surface area contributed by atoms with Gasteiger partial charge in [-0.05, 0) is 49.7 Å². The Balaban J connectivity index is 2.19. The molecule has 2 rings (SSSR count). The molecule has 0 atom stereocenters. The maximum Gasteiger partial charge on any atom is 0.377 e. The smallest absolute Gasteiger partial charge is 0.374 e. The van der Waals surface area contributed by atoms with Crippen LogP contribution in [0, 0.1) is 0 Å². The Morgan fingerprint density at radius 2 is 1.48 bits per heavy atom. The van der Waals surface area contributed by atoms with E-state index in [2.05, 4.69) is 31.3 Å². The van der Waals surface area contributed by atoms with Crippen molar-refractivity contribution in [2.24, 2.45) is 0 Å². The second-order valence-corrected chi connectivity index (χ2v) is 9.89. The molecule has 1 aromatic carbocycles. The molecule has 0 radical (unpaired) electrons. The first-order chi connectivity index (χ1) is 14.2. The van der Waals surface area contributed by atoms with Crippen LogP contribution in [0.3, 0.4) is 0 Å². The Kier molecular flexibility index (Phi) is 11.7. The zero-order valence-electron chi connectivity index (χ0n) is 18.5. The molecule has 0 amide bonds. The SMILES string of the molecule is CCCCCOP(=O)(OCCCCC)C(NCc1ccccc1)=C1CCCCC1. The molecule has 1 fully saturated rings. The highest BCUT2D eigenvalue weighted by atomic mass is 31.2. The van der Waals surface area contributed by atoms with Crippen molar-refractivity contribution in [3.63, 3.8) is 0 Å². The van der Waals surface area contributed by atoms with Crippen LogP contribution < -0.4 is 5.32 Å². The van der Waals surface area contributed by atoms with E-state index in [1.165, 1.54) is 17.6 Å². The van der Waals surface area contributed by atoms with Crippen molar-refractivity contribution >= 4 is 7.60 Å². The molecular formula is C24H40NO3P. The van der Waals surface area contributed by atoms with Crippen LogP contribution in [0.1, 0.15) is 90.0 Å². The Hall–Kier alpha value is -1.09. The highest BCUT2D eigenvalue weighted by Gasteiger charge is 2.33. The van der Waals surface area contributed by atoms with Crippen LogP contribution in [-0.4, -0.2) is 13.2 Å². The van der Waals surface area contributed by atoms with E-state index in [4.69, 9.17) is 9.05 Å². The average Bonchev–Trinajstić information content (AvgIpc) is 2.76. The van der Waals surface area contributed by atoms with Gasteiger partial charge in [-0.25, -0.2) is 0 Å². The third kappa shape index (κ3) is 8.66. The molecular weight excluding hydrogens is 381 g/mol. The minimum absolute atomic E-state index is 0.489. The van der Waals surface area contributed by atoms with E-state index in [9.17, 15) is 4.57 Å². The maximum atomic E-state index is 14.0. The van der Waals surface area contributed by atoms with Gasteiger partial charge in [0.1, 0.15) is 5.44 Å². The van der Waals surface area contributed by atoms with E-state index < -0.39 is 7.60 Å². The van der Waals surface area contributed by atoms with E-state index in [0.717, 1.165) is 69.6 Å². The van der Waals surface area contributed by atoms with Crippen LogP contribution in [-0.2, 0) is 20.2 Å². The number of hydrogen-bond donors (Lipinski definition) is 1. The number of unbranched alkanes of at least 4 members (excludes halogenated alkanes) is 4. The fraction of sp³-hybridized carbons (Fsp3) is 0.667. The molecule has 0 bridgehead atoms. The molecule has 1 aromatic rings. The number of hydrogen-bond acceptors (Lipinski definition) is 4. The maximum absolute atomic E-state index is 14.0. The van der Waals surface area contributed by atoms with Gasteiger partial charge < -0.3 is 14.4 Å². The van der Waals surface area contributed by atoms with Crippen molar-refractivity contribution in [3.8, 4) is 0 Å². The van der Waals surface area contributed by atoms with Crippen LogP contribution in [0.4, 0.5) is 0 Å². The first-order valence-electron chi connectivity index (χ1n) is 11.6. The normalized spacial score (nSPS) is 14.8. The Bertz CT molecular complexity index is 621. The summed E-state index contributed by atoms with van der Waals surface area (Å²) in [4.78, 5) is 0. The molecule has 0 aromatic heterocycles. The van der Waals surface area contributed by atoms with Gasteiger partial charge in [0, 0.05) is 6.54 Å². The summed E-state index contributed by atoms with van der Waals surface area (Å²) in [6.07, 6.45) is 11.7. The lowest BCUT2D eigenvalue weighted by Crippen LogP contribution is -2.19. The standard InChI is InChI=1S/C24H40NO3P/c1-3-5-13-19-27-29(26,28-20-14-6-4-2)24(23-17-11-8-12-18-23)25-21-22-15-9-7-10-16-22/h7,9-10,15-16,25H,3-6,8,11-14,17-21H2,1-2H3. The van der Waals surface area contributed by atoms with E-state index in [-0.39, 0.29) is 0 Å². The summed E-state index contributed by atoms with van der Waals surface area (Å²) in [6.45, 7) is 5.95.